The van der Waals surface area contributed by atoms with E-state index in [-0.39, 0.29) is 11.8 Å². The number of anilines is 1. The first-order chi connectivity index (χ1) is 9.99. The van der Waals surface area contributed by atoms with E-state index in [1.165, 1.54) is 6.42 Å². The number of nitrogens with two attached hydrogens (primary N) is 1. The van der Waals surface area contributed by atoms with Crippen LogP contribution in [0.1, 0.15) is 36.5 Å². The minimum absolute atomic E-state index is 0.0511. The topological polar surface area (TPSA) is 75.4 Å². The Morgan fingerprint density at radius 3 is 2.52 bits per heavy atom. The maximum Gasteiger partial charge on any atom is 0.255 e. The van der Waals surface area contributed by atoms with Crippen LogP contribution in [0, 0.1) is 0 Å². The lowest BCUT2D eigenvalue weighted by atomic mass is 10.1. The monoisotopic (exact) mass is 309 g/mol. The van der Waals surface area contributed by atoms with E-state index < -0.39 is 6.04 Å². The van der Waals surface area contributed by atoms with Crippen LogP contribution < -0.4 is 11.1 Å². The summed E-state index contributed by atoms with van der Waals surface area (Å²) in [5.74, 6) is -0.342. The Labute approximate surface area is 129 Å². The van der Waals surface area contributed by atoms with Gasteiger partial charge in [0, 0.05) is 18.8 Å². The number of piperidine rings is 1. The average Bonchev–Trinajstić information content (AvgIpc) is 2.47. The molecule has 1 aliphatic rings. The molecule has 21 heavy (non-hydrogen) atoms. The summed E-state index contributed by atoms with van der Waals surface area (Å²) in [5, 5.41) is 3.00. The molecule has 1 aromatic rings. The molecule has 0 radical (unpaired) electrons. The van der Waals surface area contributed by atoms with Crippen molar-refractivity contribution < 1.29 is 9.59 Å². The molecule has 6 heteroatoms. The maximum atomic E-state index is 12.4. The van der Waals surface area contributed by atoms with Gasteiger partial charge in [-0.15, -0.1) is 0 Å². The van der Waals surface area contributed by atoms with Crippen molar-refractivity contribution in [3.05, 3.63) is 28.8 Å². The number of hydrogen-bond donors (Lipinski definition) is 2. The third kappa shape index (κ3) is 3.95. The zero-order chi connectivity index (χ0) is 15.4. The van der Waals surface area contributed by atoms with Crippen LogP contribution in [0.4, 0.5) is 5.69 Å². The molecule has 0 aromatic heterocycles. The van der Waals surface area contributed by atoms with Crippen LogP contribution >= 0.6 is 11.6 Å². The average molecular weight is 310 g/mol. The number of nitrogens with one attached hydrogen (secondary N) is 1. The first-order valence-electron chi connectivity index (χ1n) is 7.14. The van der Waals surface area contributed by atoms with Gasteiger partial charge >= 0.3 is 0 Å². The Morgan fingerprint density at radius 2 is 1.95 bits per heavy atom. The molecule has 1 heterocycles. The van der Waals surface area contributed by atoms with Gasteiger partial charge in [0.1, 0.15) is 0 Å². The van der Waals surface area contributed by atoms with Crippen molar-refractivity contribution in [1.29, 1.82) is 0 Å². The number of likely N-dealkylation sites (tertiary alicyclic amines) is 1. The molecule has 2 rings (SSSR count). The fourth-order valence-electron chi connectivity index (χ4n) is 2.29. The predicted molar refractivity (Wildman–Crippen MR) is 83.5 cm³/mol. The lowest BCUT2D eigenvalue weighted by Gasteiger charge is -2.27. The summed E-state index contributed by atoms with van der Waals surface area (Å²) in [6.45, 7) is 3.15. The Morgan fingerprint density at radius 1 is 1.29 bits per heavy atom. The highest BCUT2D eigenvalue weighted by Gasteiger charge is 2.20. The van der Waals surface area contributed by atoms with Gasteiger partial charge < -0.3 is 16.0 Å². The van der Waals surface area contributed by atoms with Gasteiger partial charge in [-0.1, -0.05) is 11.6 Å². The van der Waals surface area contributed by atoms with Gasteiger partial charge in [-0.25, -0.2) is 0 Å². The first kappa shape index (κ1) is 15.8. The number of carbonyl (C=O) groups excluding carboxylic acids is 2. The normalized spacial score (nSPS) is 16.4. The quantitative estimate of drug-likeness (QED) is 0.899. The van der Waals surface area contributed by atoms with E-state index in [4.69, 9.17) is 17.3 Å². The summed E-state index contributed by atoms with van der Waals surface area (Å²) in [5.41, 5.74) is 6.50. The van der Waals surface area contributed by atoms with E-state index in [1.54, 1.807) is 25.1 Å². The van der Waals surface area contributed by atoms with Crippen LogP contribution in [0.15, 0.2) is 18.2 Å². The molecule has 1 aromatic carbocycles. The summed E-state index contributed by atoms with van der Waals surface area (Å²) in [6.07, 6.45) is 3.23. The molecular formula is C15H20ClN3O2. The molecule has 0 aliphatic carbocycles. The van der Waals surface area contributed by atoms with Crippen LogP contribution in [-0.4, -0.2) is 35.8 Å². The van der Waals surface area contributed by atoms with Gasteiger partial charge in [0.2, 0.25) is 5.91 Å². The van der Waals surface area contributed by atoms with Gasteiger partial charge in [0.05, 0.1) is 16.6 Å². The van der Waals surface area contributed by atoms with Crippen LogP contribution in [-0.2, 0) is 4.79 Å². The van der Waals surface area contributed by atoms with E-state index >= 15 is 0 Å². The fraction of sp³-hybridized carbons (Fsp3) is 0.467. The Kier molecular flexibility index (Phi) is 5.20. The maximum absolute atomic E-state index is 12.4. The number of rotatable bonds is 3. The van der Waals surface area contributed by atoms with Crippen LogP contribution in [0.2, 0.25) is 5.02 Å². The predicted octanol–water partition coefficient (Wildman–Crippen LogP) is 2.25. The molecule has 0 unspecified atom stereocenters. The summed E-state index contributed by atoms with van der Waals surface area (Å²) < 4.78 is 0. The molecule has 0 spiro atoms. The molecule has 1 aliphatic heterocycles. The minimum Gasteiger partial charge on any atom is -0.339 e. The molecule has 5 nitrogen and oxygen atoms in total. The molecule has 0 saturated carbocycles. The summed E-state index contributed by atoms with van der Waals surface area (Å²) in [6, 6.07) is 4.30. The molecule has 1 saturated heterocycles. The van der Waals surface area contributed by atoms with E-state index in [9.17, 15) is 9.59 Å². The lowest BCUT2D eigenvalue weighted by Crippen LogP contribution is -2.35. The second-order valence-electron chi connectivity index (χ2n) is 5.33. The number of amides is 2. The first-order valence-corrected chi connectivity index (χ1v) is 7.52. The Bertz CT molecular complexity index is 540. The third-order valence-electron chi connectivity index (χ3n) is 3.52. The van der Waals surface area contributed by atoms with Gasteiger partial charge in [-0.2, -0.15) is 0 Å². The SMILES string of the molecule is C[C@H](N)C(=O)Nc1ccc(C(=O)N2CCCCC2)c(Cl)c1. The number of hydrogen-bond acceptors (Lipinski definition) is 3. The molecule has 0 bridgehead atoms. The van der Waals surface area contributed by atoms with E-state index in [1.807, 2.05) is 4.90 Å². The second kappa shape index (κ2) is 6.91. The van der Waals surface area contributed by atoms with Crippen molar-refractivity contribution in [2.75, 3.05) is 18.4 Å². The van der Waals surface area contributed by atoms with E-state index in [2.05, 4.69) is 5.32 Å². The minimum atomic E-state index is -0.599. The number of carbonyl (C=O) groups is 2. The van der Waals surface area contributed by atoms with Crippen molar-refractivity contribution in [3.8, 4) is 0 Å². The Hall–Kier alpha value is -1.59. The summed E-state index contributed by atoms with van der Waals surface area (Å²) in [7, 11) is 0. The molecular weight excluding hydrogens is 290 g/mol. The molecule has 1 atom stereocenters. The highest BCUT2D eigenvalue weighted by atomic mass is 35.5. The highest BCUT2D eigenvalue weighted by molar-refractivity contribution is 6.34. The molecule has 114 valence electrons. The lowest BCUT2D eigenvalue weighted by molar-refractivity contribution is -0.117. The van der Waals surface area contributed by atoms with Crippen molar-refractivity contribution in [2.24, 2.45) is 5.73 Å². The highest BCUT2D eigenvalue weighted by Crippen LogP contribution is 2.23. The zero-order valence-corrected chi connectivity index (χ0v) is 12.8. The van der Waals surface area contributed by atoms with Crippen molar-refractivity contribution in [3.63, 3.8) is 0 Å². The van der Waals surface area contributed by atoms with Gasteiger partial charge in [0.25, 0.3) is 5.91 Å². The molecule has 3 N–H and O–H groups in total. The fourth-order valence-corrected chi connectivity index (χ4v) is 2.55. The van der Waals surface area contributed by atoms with Gasteiger partial charge in [-0.3, -0.25) is 9.59 Å². The second-order valence-corrected chi connectivity index (χ2v) is 5.73. The van der Waals surface area contributed by atoms with E-state index in [0.29, 0.717) is 16.3 Å². The standard InChI is InChI=1S/C15H20ClN3O2/c1-10(17)14(20)18-11-5-6-12(13(16)9-11)15(21)19-7-3-2-4-8-19/h5-6,9-10H,2-4,7-8,17H2,1H3,(H,18,20)/t10-/m0/s1. The van der Waals surface area contributed by atoms with Crippen molar-refractivity contribution in [2.45, 2.75) is 32.2 Å². The van der Waals surface area contributed by atoms with E-state index in [0.717, 1.165) is 25.9 Å². The van der Waals surface area contributed by atoms with Crippen molar-refractivity contribution in [1.82, 2.24) is 4.90 Å². The molecule has 1 fully saturated rings. The number of nitrogens with zero attached hydrogens (tertiary/aromatic N) is 1. The van der Waals surface area contributed by atoms with Crippen LogP contribution in [0.3, 0.4) is 0 Å². The largest absolute Gasteiger partial charge is 0.339 e. The van der Waals surface area contributed by atoms with Gasteiger partial charge in [0.15, 0.2) is 0 Å². The number of halogens is 1. The molecule has 2 amide bonds. The Balaban J connectivity index is 2.11. The number of benzene rings is 1. The smallest absolute Gasteiger partial charge is 0.255 e. The zero-order valence-electron chi connectivity index (χ0n) is 12.1. The van der Waals surface area contributed by atoms with Crippen molar-refractivity contribution >= 4 is 29.1 Å². The summed E-state index contributed by atoms with van der Waals surface area (Å²) in [4.78, 5) is 25.8. The van der Waals surface area contributed by atoms with Crippen LogP contribution in [0.5, 0.6) is 0 Å². The van der Waals surface area contributed by atoms with Crippen LogP contribution in [0.25, 0.3) is 0 Å². The summed E-state index contributed by atoms with van der Waals surface area (Å²) >= 11 is 6.18. The van der Waals surface area contributed by atoms with Gasteiger partial charge in [-0.05, 0) is 44.4 Å². The third-order valence-corrected chi connectivity index (χ3v) is 3.84.